The fourth-order valence-electron chi connectivity index (χ4n) is 2.38. The smallest absolute Gasteiger partial charge is 0.338 e. The standard InChI is InChI=1S/C20H20N2O3S/c1-22(2)17-9-7-14(8-10-17)20(23)25-12-16-13-26-19(21-16)15-5-4-6-18(11-15)24-3/h4-11,13H,12H2,1-3H3. The zero-order valence-electron chi connectivity index (χ0n) is 14.9. The summed E-state index contributed by atoms with van der Waals surface area (Å²) in [6, 6.07) is 15.0. The molecule has 5 nitrogen and oxygen atoms in total. The highest BCUT2D eigenvalue weighted by Gasteiger charge is 2.11. The number of nitrogens with zero attached hydrogens (tertiary/aromatic N) is 2. The zero-order chi connectivity index (χ0) is 18.5. The third kappa shape index (κ3) is 4.21. The van der Waals surface area contributed by atoms with Gasteiger partial charge in [-0.05, 0) is 36.4 Å². The number of ether oxygens (including phenoxy) is 2. The first-order valence-corrected chi connectivity index (χ1v) is 8.98. The topological polar surface area (TPSA) is 51.7 Å². The van der Waals surface area contributed by atoms with E-state index in [-0.39, 0.29) is 12.6 Å². The van der Waals surface area contributed by atoms with Gasteiger partial charge in [0.1, 0.15) is 17.4 Å². The second-order valence-electron chi connectivity index (χ2n) is 5.89. The van der Waals surface area contributed by atoms with Crippen molar-refractivity contribution in [2.24, 2.45) is 0 Å². The van der Waals surface area contributed by atoms with Crippen LogP contribution in [0.25, 0.3) is 10.6 Å². The van der Waals surface area contributed by atoms with Crippen LogP contribution in [-0.2, 0) is 11.3 Å². The summed E-state index contributed by atoms with van der Waals surface area (Å²) in [5.74, 6) is 0.429. The van der Waals surface area contributed by atoms with Crippen LogP contribution in [-0.4, -0.2) is 32.2 Å². The largest absolute Gasteiger partial charge is 0.497 e. The minimum atomic E-state index is -0.355. The number of hydrogen-bond donors (Lipinski definition) is 0. The average molecular weight is 368 g/mol. The van der Waals surface area contributed by atoms with E-state index in [4.69, 9.17) is 9.47 Å². The Balaban J connectivity index is 1.63. The Kier molecular flexibility index (Phi) is 5.53. The summed E-state index contributed by atoms with van der Waals surface area (Å²) in [5.41, 5.74) is 3.26. The summed E-state index contributed by atoms with van der Waals surface area (Å²) < 4.78 is 10.6. The van der Waals surface area contributed by atoms with Gasteiger partial charge in [0.25, 0.3) is 0 Å². The first-order valence-electron chi connectivity index (χ1n) is 8.10. The van der Waals surface area contributed by atoms with Gasteiger partial charge in [-0.25, -0.2) is 9.78 Å². The highest BCUT2D eigenvalue weighted by atomic mass is 32.1. The Labute approximate surface area is 156 Å². The fraction of sp³-hybridized carbons (Fsp3) is 0.200. The molecule has 0 aliphatic carbocycles. The molecule has 0 unspecified atom stereocenters. The molecule has 0 bridgehead atoms. The second kappa shape index (κ2) is 8.01. The summed E-state index contributed by atoms with van der Waals surface area (Å²) in [6.45, 7) is 0.148. The quantitative estimate of drug-likeness (QED) is 0.609. The Morgan fingerprint density at radius 1 is 1.15 bits per heavy atom. The van der Waals surface area contributed by atoms with E-state index in [0.29, 0.717) is 5.56 Å². The van der Waals surface area contributed by atoms with Crippen molar-refractivity contribution in [2.45, 2.75) is 6.61 Å². The molecular weight excluding hydrogens is 348 g/mol. The van der Waals surface area contributed by atoms with Crippen LogP contribution in [0.2, 0.25) is 0 Å². The number of anilines is 1. The molecule has 3 aromatic rings. The molecule has 0 N–H and O–H groups in total. The number of methoxy groups -OCH3 is 1. The fourth-order valence-corrected chi connectivity index (χ4v) is 3.18. The van der Waals surface area contributed by atoms with Gasteiger partial charge in [0.15, 0.2) is 0 Å². The molecule has 1 aromatic heterocycles. The van der Waals surface area contributed by atoms with E-state index in [1.54, 1.807) is 19.2 Å². The van der Waals surface area contributed by atoms with Crippen LogP contribution in [0.1, 0.15) is 16.1 Å². The van der Waals surface area contributed by atoms with E-state index in [1.165, 1.54) is 11.3 Å². The predicted molar refractivity (Wildman–Crippen MR) is 104 cm³/mol. The Hall–Kier alpha value is -2.86. The number of hydrogen-bond acceptors (Lipinski definition) is 6. The van der Waals surface area contributed by atoms with Gasteiger partial charge in [0.2, 0.25) is 0 Å². The Bertz CT molecular complexity index is 888. The zero-order valence-corrected chi connectivity index (χ0v) is 15.7. The molecule has 0 spiro atoms. The molecule has 134 valence electrons. The maximum Gasteiger partial charge on any atom is 0.338 e. The summed E-state index contributed by atoms with van der Waals surface area (Å²) in [7, 11) is 5.54. The maximum atomic E-state index is 12.2. The molecule has 0 atom stereocenters. The summed E-state index contributed by atoms with van der Waals surface area (Å²) in [5, 5.41) is 2.77. The monoisotopic (exact) mass is 368 g/mol. The molecular formula is C20H20N2O3S. The predicted octanol–water partition coefficient (Wildman–Crippen LogP) is 4.24. The molecule has 0 aliphatic heterocycles. The van der Waals surface area contributed by atoms with Gasteiger partial charge in [-0.2, -0.15) is 0 Å². The average Bonchev–Trinajstić information content (AvgIpc) is 3.15. The van der Waals surface area contributed by atoms with Gasteiger partial charge in [0, 0.05) is 30.7 Å². The molecule has 2 aromatic carbocycles. The van der Waals surface area contributed by atoms with Crippen LogP contribution < -0.4 is 9.64 Å². The molecule has 0 saturated carbocycles. The third-order valence-electron chi connectivity index (χ3n) is 3.84. The summed E-state index contributed by atoms with van der Waals surface area (Å²) in [6.07, 6.45) is 0. The van der Waals surface area contributed by atoms with Crippen molar-refractivity contribution in [1.29, 1.82) is 0 Å². The van der Waals surface area contributed by atoms with Crippen LogP contribution in [0.4, 0.5) is 5.69 Å². The number of thiazole rings is 1. The first kappa shape index (κ1) is 17.9. The van der Waals surface area contributed by atoms with E-state index in [0.717, 1.165) is 27.7 Å². The van der Waals surface area contributed by atoms with Gasteiger partial charge in [0.05, 0.1) is 18.4 Å². The van der Waals surface area contributed by atoms with E-state index >= 15 is 0 Å². The summed E-state index contributed by atoms with van der Waals surface area (Å²) >= 11 is 1.51. The first-order chi connectivity index (χ1) is 12.6. The van der Waals surface area contributed by atoms with E-state index < -0.39 is 0 Å². The van der Waals surface area contributed by atoms with Gasteiger partial charge < -0.3 is 14.4 Å². The Morgan fingerprint density at radius 2 is 1.92 bits per heavy atom. The highest BCUT2D eigenvalue weighted by Crippen LogP contribution is 2.27. The Morgan fingerprint density at radius 3 is 2.62 bits per heavy atom. The van der Waals surface area contributed by atoms with Crippen molar-refractivity contribution in [3.05, 3.63) is 65.2 Å². The van der Waals surface area contributed by atoms with E-state index in [1.807, 2.05) is 60.8 Å². The van der Waals surface area contributed by atoms with Crippen molar-refractivity contribution >= 4 is 23.0 Å². The van der Waals surface area contributed by atoms with Gasteiger partial charge in [-0.3, -0.25) is 0 Å². The van der Waals surface area contributed by atoms with Crippen LogP contribution >= 0.6 is 11.3 Å². The van der Waals surface area contributed by atoms with Crippen molar-refractivity contribution < 1.29 is 14.3 Å². The lowest BCUT2D eigenvalue weighted by Gasteiger charge is -2.12. The molecule has 0 saturated heterocycles. The number of carbonyl (C=O) groups is 1. The normalized spacial score (nSPS) is 10.4. The molecule has 3 rings (SSSR count). The lowest BCUT2D eigenvalue weighted by Crippen LogP contribution is -2.09. The van der Waals surface area contributed by atoms with Crippen molar-refractivity contribution in [2.75, 3.05) is 26.1 Å². The van der Waals surface area contributed by atoms with Gasteiger partial charge >= 0.3 is 5.97 Å². The molecule has 6 heteroatoms. The third-order valence-corrected chi connectivity index (χ3v) is 4.78. The van der Waals surface area contributed by atoms with E-state index in [9.17, 15) is 4.79 Å². The second-order valence-corrected chi connectivity index (χ2v) is 6.75. The number of rotatable bonds is 6. The number of aromatic nitrogens is 1. The van der Waals surface area contributed by atoms with Gasteiger partial charge in [-0.15, -0.1) is 11.3 Å². The van der Waals surface area contributed by atoms with Crippen molar-refractivity contribution in [3.63, 3.8) is 0 Å². The molecule has 0 amide bonds. The lowest BCUT2D eigenvalue weighted by molar-refractivity contribution is 0.0468. The number of benzene rings is 2. The molecule has 0 fully saturated rings. The molecule has 0 aliphatic rings. The van der Waals surface area contributed by atoms with Crippen molar-refractivity contribution in [3.8, 4) is 16.3 Å². The summed E-state index contributed by atoms with van der Waals surface area (Å²) in [4.78, 5) is 18.7. The molecule has 26 heavy (non-hydrogen) atoms. The van der Waals surface area contributed by atoms with Gasteiger partial charge in [-0.1, -0.05) is 12.1 Å². The maximum absolute atomic E-state index is 12.2. The molecule has 1 heterocycles. The van der Waals surface area contributed by atoms with Crippen LogP contribution in [0.15, 0.2) is 53.9 Å². The lowest BCUT2D eigenvalue weighted by atomic mass is 10.2. The number of carbonyl (C=O) groups excluding carboxylic acids is 1. The van der Waals surface area contributed by atoms with Crippen LogP contribution in [0, 0.1) is 0 Å². The minimum absolute atomic E-state index is 0.148. The molecule has 0 radical (unpaired) electrons. The van der Waals surface area contributed by atoms with Crippen LogP contribution in [0.3, 0.4) is 0 Å². The van der Waals surface area contributed by atoms with Crippen LogP contribution in [0.5, 0.6) is 5.75 Å². The van der Waals surface area contributed by atoms with E-state index in [2.05, 4.69) is 4.98 Å². The highest BCUT2D eigenvalue weighted by molar-refractivity contribution is 7.13. The number of esters is 1. The minimum Gasteiger partial charge on any atom is -0.497 e. The SMILES string of the molecule is COc1cccc(-c2nc(COC(=O)c3ccc(N(C)C)cc3)cs2)c1. The van der Waals surface area contributed by atoms with Crippen molar-refractivity contribution in [1.82, 2.24) is 4.98 Å².